The molecule has 1 aromatic heterocycles. The van der Waals surface area contributed by atoms with Crippen LogP contribution in [0.1, 0.15) is 5.56 Å². The van der Waals surface area contributed by atoms with E-state index < -0.39 is 0 Å². The van der Waals surface area contributed by atoms with Crippen LogP contribution in [-0.2, 0) is 11.3 Å². The van der Waals surface area contributed by atoms with Gasteiger partial charge in [0.25, 0.3) is 0 Å². The van der Waals surface area contributed by atoms with Gasteiger partial charge in [0.15, 0.2) is 0 Å². The SMILES string of the molecule is COc1ccccc1-c1ccc(SCC(=O)NCc2ccccc2Cl)nn1. The molecule has 3 aromatic rings. The Hall–Kier alpha value is -2.57. The lowest BCUT2D eigenvalue weighted by Crippen LogP contribution is -2.24. The van der Waals surface area contributed by atoms with E-state index in [1.165, 1.54) is 11.8 Å². The molecular formula is C20H18ClN3O2S. The van der Waals surface area contributed by atoms with Crippen molar-refractivity contribution in [2.45, 2.75) is 11.6 Å². The van der Waals surface area contributed by atoms with Crippen molar-refractivity contribution in [3.63, 3.8) is 0 Å². The highest BCUT2D eigenvalue weighted by molar-refractivity contribution is 7.99. The van der Waals surface area contributed by atoms with Gasteiger partial charge in [0.05, 0.1) is 18.6 Å². The zero-order chi connectivity index (χ0) is 19.1. The first-order valence-electron chi connectivity index (χ1n) is 8.27. The molecule has 0 fully saturated rings. The zero-order valence-corrected chi connectivity index (χ0v) is 16.3. The number of methoxy groups -OCH3 is 1. The number of nitrogens with zero attached hydrogens (tertiary/aromatic N) is 2. The van der Waals surface area contributed by atoms with Crippen molar-refractivity contribution in [1.82, 2.24) is 15.5 Å². The van der Waals surface area contributed by atoms with Gasteiger partial charge in [-0.1, -0.05) is 53.7 Å². The highest BCUT2D eigenvalue weighted by atomic mass is 35.5. The zero-order valence-electron chi connectivity index (χ0n) is 14.7. The van der Waals surface area contributed by atoms with Crippen LogP contribution in [0, 0.1) is 0 Å². The Balaban J connectivity index is 1.54. The van der Waals surface area contributed by atoms with Gasteiger partial charge in [0.1, 0.15) is 10.8 Å². The first-order chi connectivity index (χ1) is 13.2. The Kier molecular flexibility index (Phi) is 6.68. The van der Waals surface area contributed by atoms with Crippen molar-refractivity contribution in [1.29, 1.82) is 0 Å². The number of hydrogen-bond acceptors (Lipinski definition) is 5. The summed E-state index contributed by atoms with van der Waals surface area (Å²) in [6, 6.07) is 18.8. The van der Waals surface area contributed by atoms with Crippen LogP contribution in [0.2, 0.25) is 5.02 Å². The number of halogens is 1. The monoisotopic (exact) mass is 399 g/mol. The molecule has 5 nitrogen and oxygen atoms in total. The first-order valence-corrected chi connectivity index (χ1v) is 9.64. The molecule has 0 aliphatic heterocycles. The molecule has 7 heteroatoms. The molecule has 1 amide bonds. The van der Waals surface area contributed by atoms with Crippen molar-refractivity contribution in [3.8, 4) is 17.0 Å². The third-order valence-electron chi connectivity index (χ3n) is 3.81. The van der Waals surface area contributed by atoms with E-state index in [2.05, 4.69) is 15.5 Å². The molecule has 0 aliphatic rings. The fourth-order valence-corrected chi connectivity index (χ4v) is 3.27. The summed E-state index contributed by atoms with van der Waals surface area (Å²) in [5.74, 6) is 0.911. The average Bonchev–Trinajstić information content (AvgIpc) is 2.72. The maximum absolute atomic E-state index is 12.0. The van der Waals surface area contributed by atoms with Crippen LogP contribution in [0.5, 0.6) is 5.75 Å². The molecule has 2 aromatic carbocycles. The molecule has 0 atom stereocenters. The van der Waals surface area contributed by atoms with Gasteiger partial charge in [-0.15, -0.1) is 10.2 Å². The molecule has 27 heavy (non-hydrogen) atoms. The van der Waals surface area contributed by atoms with E-state index in [9.17, 15) is 4.79 Å². The summed E-state index contributed by atoms with van der Waals surface area (Å²) in [6.45, 7) is 0.400. The van der Waals surface area contributed by atoms with Crippen LogP contribution in [0.4, 0.5) is 0 Å². The van der Waals surface area contributed by atoms with Gasteiger partial charge in [-0.05, 0) is 35.9 Å². The van der Waals surface area contributed by atoms with Gasteiger partial charge in [-0.3, -0.25) is 4.79 Å². The Morgan fingerprint density at radius 2 is 1.85 bits per heavy atom. The third kappa shape index (κ3) is 5.21. The Bertz CT molecular complexity index is 919. The molecule has 138 valence electrons. The summed E-state index contributed by atoms with van der Waals surface area (Å²) in [5, 5.41) is 12.6. The molecule has 0 saturated carbocycles. The highest BCUT2D eigenvalue weighted by Crippen LogP contribution is 2.28. The summed E-state index contributed by atoms with van der Waals surface area (Å²) in [7, 11) is 1.62. The minimum atomic E-state index is -0.0875. The molecule has 0 unspecified atom stereocenters. The lowest BCUT2D eigenvalue weighted by molar-refractivity contribution is -0.118. The van der Waals surface area contributed by atoms with Crippen molar-refractivity contribution >= 4 is 29.3 Å². The van der Waals surface area contributed by atoms with Crippen molar-refractivity contribution in [2.24, 2.45) is 0 Å². The van der Waals surface area contributed by atoms with Gasteiger partial charge in [0.2, 0.25) is 5.91 Å². The molecular weight excluding hydrogens is 382 g/mol. The quantitative estimate of drug-likeness (QED) is 0.603. The van der Waals surface area contributed by atoms with Gasteiger partial charge in [-0.25, -0.2) is 0 Å². The molecule has 3 rings (SSSR count). The summed E-state index contributed by atoms with van der Waals surface area (Å²) >= 11 is 7.42. The molecule has 1 N–H and O–H groups in total. The topological polar surface area (TPSA) is 64.1 Å². The number of carbonyl (C=O) groups is 1. The van der Waals surface area contributed by atoms with Crippen molar-refractivity contribution in [3.05, 3.63) is 71.2 Å². The highest BCUT2D eigenvalue weighted by Gasteiger charge is 2.09. The summed E-state index contributed by atoms with van der Waals surface area (Å²) in [4.78, 5) is 12.0. The standard InChI is InChI=1S/C20H18ClN3O2S/c1-26-18-9-5-3-7-15(18)17-10-11-20(24-23-17)27-13-19(25)22-12-14-6-2-4-8-16(14)21/h2-11H,12-13H2,1H3,(H,22,25). The normalized spacial score (nSPS) is 10.4. The molecule has 0 radical (unpaired) electrons. The molecule has 0 saturated heterocycles. The Labute approximate surface area is 167 Å². The van der Waals surface area contributed by atoms with Crippen LogP contribution >= 0.6 is 23.4 Å². The number of aromatic nitrogens is 2. The minimum Gasteiger partial charge on any atom is -0.496 e. The smallest absolute Gasteiger partial charge is 0.230 e. The van der Waals surface area contributed by atoms with Gasteiger partial charge in [-0.2, -0.15) is 0 Å². The average molecular weight is 400 g/mol. The lowest BCUT2D eigenvalue weighted by atomic mass is 10.1. The van der Waals surface area contributed by atoms with E-state index >= 15 is 0 Å². The van der Waals surface area contributed by atoms with Gasteiger partial charge in [0, 0.05) is 17.1 Å². The van der Waals surface area contributed by atoms with Crippen molar-refractivity contribution < 1.29 is 9.53 Å². The number of thioether (sulfide) groups is 1. The van der Waals surface area contributed by atoms with Crippen molar-refractivity contribution in [2.75, 3.05) is 12.9 Å². The number of amides is 1. The second-order valence-corrected chi connectivity index (χ2v) is 7.02. The number of rotatable bonds is 7. The minimum absolute atomic E-state index is 0.0875. The molecule has 0 spiro atoms. The third-order valence-corrected chi connectivity index (χ3v) is 5.10. The number of benzene rings is 2. The summed E-state index contributed by atoms with van der Waals surface area (Å²) < 4.78 is 5.35. The second-order valence-electron chi connectivity index (χ2n) is 5.61. The fourth-order valence-electron chi connectivity index (χ4n) is 2.42. The summed E-state index contributed by atoms with van der Waals surface area (Å²) in [6.07, 6.45) is 0. The molecule has 1 heterocycles. The van der Waals surface area contributed by atoms with E-state index in [0.29, 0.717) is 16.6 Å². The summed E-state index contributed by atoms with van der Waals surface area (Å²) in [5.41, 5.74) is 2.49. The number of carbonyl (C=O) groups excluding carboxylic acids is 1. The molecule has 0 bridgehead atoms. The Morgan fingerprint density at radius 3 is 2.59 bits per heavy atom. The van der Waals surface area contributed by atoms with Crippen LogP contribution < -0.4 is 10.1 Å². The Morgan fingerprint density at radius 1 is 1.07 bits per heavy atom. The number of para-hydroxylation sites is 1. The van der Waals surface area contributed by atoms with Gasteiger partial charge < -0.3 is 10.1 Å². The van der Waals surface area contributed by atoms with Crippen LogP contribution in [-0.4, -0.2) is 29.0 Å². The largest absolute Gasteiger partial charge is 0.496 e. The van der Waals surface area contributed by atoms with E-state index in [0.717, 1.165) is 22.6 Å². The first kappa shape index (κ1) is 19.2. The lowest BCUT2D eigenvalue weighted by Gasteiger charge is -2.08. The van der Waals surface area contributed by atoms with E-state index in [1.807, 2.05) is 54.6 Å². The number of nitrogens with one attached hydrogen (secondary N) is 1. The van der Waals surface area contributed by atoms with E-state index in [-0.39, 0.29) is 11.7 Å². The van der Waals surface area contributed by atoms with Gasteiger partial charge >= 0.3 is 0 Å². The number of ether oxygens (including phenoxy) is 1. The van der Waals surface area contributed by atoms with E-state index in [4.69, 9.17) is 16.3 Å². The molecule has 0 aliphatic carbocycles. The maximum atomic E-state index is 12.0. The van der Waals surface area contributed by atoms with E-state index in [1.54, 1.807) is 13.2 Å². The maximum Gasteiger partial charge on any atom is 0.230 e. The fraction of sp³-hybridized carbons (Fsp3) is 0.150. The predicted octanol–water partition coefficient (Wildman–Crippen LogP) is 4.21. The second kappa shape index (κ2) is 9.39. The van der Waals surface area contributed by atoms with Crippen LogP contribution in [0.3, 0.4) is 0 Å². The predicted molar refractivity (Wildman–Crippen MR) is 108 cm³/mol. The van der Waals surface area contributed by atoms with Crippen LogP contribution in [0.25, 0.3) is 11.3 Å². The number of hydrogen-bond donors (Lipinski definition) is 1. The van der Waals surface area contributed by atoms with Crippen LogP contribution in [0.15, 0.2) is 65.7 Å².